The molecule has 2 atom stereocenters. The fourth-order valence-corrected chi connectivity index (χ4v) is 3.65. The summed E-state index contributed by atoms with van der Waals surface area (Å²) in [7, 11) is 1.55. The van der Waals surface area contributed by atoms with Gasteiger partial charge in [0.2, 0.25) is 11.8 Å². The third-order valence-corrected chi connectivity index (χ3v) is 5.04. The summed E-state index contributed by atoms with van der Waals surface area (Å²) in [6.07, 6.45) is 1.89. The first kappa shape index (κ1) is 17.3. The number of carboxylic acid groups (broad SMARTS) is 1. The Labute approximate surface area is 146 Å². The maximum absolute atomic E-state index is 12.7. The number of nitrogens with one attached hydrogen (secondary N) is 2. The van der Waals surface area contributed by atoms with Crippen LogP contribution in [-0.4, -0.2) is 54.0 Å². The second-order valence-corrected chi connectivity index (χ2v) is 6.63. The average molecular weight is 345 g/mol. The van der Waals surface area contributed by atoms with Crippen molar-refractivity contribution in [3.63, 3.8) is 0 Å². The SMILES string of the molecule is CNC(=O)[C@H]1CC[C@@H](C(=O)O)N(C(=O)Cc2ccc3c(c2)NCC3)C1. The lowest BCUT2D eigenvalue weighted by Crippen LogP contribution is -2.53. The van der Waals surface area contributed by atoms with E-state index in [0.717, 1.165) is 24.2 Å². The van der Waals surface area contributed by atoms with E-state index in [2.05, 4.69) is 10.6 Å². The zero-order chi connectivity index (χ0) is 18.0. The van der Waals surface area contributed by atoms with Crippen LogP contribution in [0.3, 0.4) is 0 Å². The molecule has 7 heteroatoms. The number of amides is 2. The molecule has 0 aromatic heterocycles. The summed E-state index contributed by atoms with van der Waals surface area (Å²) < 4.78 is 0. The number of anilines is 1. The number of nitrogens with zero attached hydrogens (tertiary/aromatic N) is 1. The molecule has 3 N–H and O–H groups in total. The lowest BCUT2D eigenvalue weighted by Gasteiger charge is -2.36. The van der Waals surface area contributed by atoms with Gasteiger partial charge in [-0.1, -0.05) is 12.1 Å². The Morgan fingerprint density at radius 3 is 2.84 bits per heavy atom. The van der Waals surface area contributed by atoms with Crippen molar-refractivity contribution in [3.8, 4) is 0 Å². The molecule has 1 aromatic carbocycles. The fraction of sp³-hybridized carbons (Fsp3) is 0.500. The zero-order valence-corrected chi connectivity index (χ0v) is 14.2. The van der Waals surface area contributed by atoms with Crippen molar-refractivity contribution in [2.24, 2.45) is 5.92 Å². The van der Waals surface area contributed by atoms with Gasteiger partial charge in [0.25, 0.3) is 0 Å². The summed E-state index contributed by atoms with van der Waals surface area (Å²) >= 11 is 0. The predicted molar refractivity (Wildman–Crippen MR) is 92.3 cm³/mol. The Balaban J connectivity index is 1.74. The van der Waals surface area contributed by atoms with Crippen molar-refractivity contribution in [2.45, 2.75) is 31.7 Å². The Hall–Kier alpha value is -2.57. The minimum absolute atomic E-state index is 0.138. The van der Waals surface area contributed by atoms with Gasteiger partial charge in [-0.2, -0.15) is 0 Å². The van der Waals surface area contributed by atoms with Crippen LogP contribution in [0.25, 0.3) is 0 Å². The first-order valence-electron chi connectivity index (χ1n) is 8.59. The highest BCUT2D eigenvalue weighted by Crippen LogP contribution is 2.26. The van der Waals surface area contributed by atoms with Crippen molar-refractivity contribution in [1.82, 2.24) is 10.2 Å². The lowest BCUT2D eigenvalue weighted by molar-refractivity contribution is -0.154. The largest absolute Gasteiger partial charge is 0.480 e. The number of hydrogen-bond acceptors (Lipinski definition) is 4. The van der Waals surface area contributed by atoms with Crippen molar-refractivity contribution < 1.29 is 19.5 Å². The molecule has 7 nitrogen and oxygen atoms in total. The van der Waals surface area contributed by atoms with Crippen LogP contribution in [-0.2, 0) is 27.2 Å². The van der Waals surface area contributed by atoms with Gasteiger partial charge in [-0.15, -0.1) is 0 Å². The molecule has 2 aliphatic rings. The molecule has 1 aromatic rings. The molecule has 0 spiro atoms. The van der Waals surface area contributed by atoms with E-state index < -0.39 is 12.0 Å². The molecule has 2 heterocycles. The molecule has 25 heavy (non-hydrogen) atoms. The van der Waals surface area contributed by atoms with Crippen LogP contribution < -0.4 is 10.6 Å². The van der Waals surface area contributed by atoms with Crippen LogP contribution in [0.5, 0.6) is 0 Å². The molecule has 0 unspecified atom stereocenters. The van der Waals surface area contributed by atoms with Crippen molar-refractivity contribution in [2.75, 3.05) is 25.5 Å². The van der Waals surface area contributed by atoms with E-state index in [1.54, 1.807) is 7.05 Å². The van der Waals surface area contributed by atoms with Crippen molar-refractivity contribution >= 4 is 23.5 Å². The van der Waals surface area contributed by atoms with Crippen LogP contribution in [0.2, 0.25) is 0 Å². The summed E-state index contributed by atoms with van der Waals surface area (Å²) in [6.45, 7) is 1.05. The second-order valence-electron chi connectivity index (χ2n) is 6.63. The molecular weight excluding hydrogens is 322 g/mol. The number of likely N-dealkylation sites (tertiary alicyclic amines) is 1. The van der Waals surface area contributed by atoms with Gasteiger partial charge in [-0.25, -0.2) is 4.79 Å². The quantitative estimate of drug-likeness (QED) is 0.744. The van der Waals surface area contributed by atoms with Crippen LogP contribution in [0.4, 0.5) is 5.69 Å². The Kier molecular flexibility index (Phi) is 4.92. The average Bonchev–Trinajstić information content (AvgIpc) is 3.08. The van der Waals surface area contributed by atoms with Gasteiger partial charge in [-0.05, 0) is 36.5 Å². The van der Waals surface area contributed by atoms with E-state index in [9.17, 15) is 19.5 Å². The number of hydrogen-bond donors (Lipinski definition) is 3. The van der Waals surface area contributed by atoms with Gasteiger partial charge >= 0.3 is 5.97 Å². The topological polar surface area (TPSA) is 98.7 Å². The van der Waals surface area contributed by atoms with E-state index in [0.29, 0.717) is 12.8 Å². The van der Waals surface area contributed by atoms with E-state index >= 15 is 0 Å². The monoisotopic (exact) mass is 345 g/mol. The molecule has 3 rings (SSSR count). The van der Waals surface area contributed by atoms with Gasteiger partial charge in [0.05, 0.1) is 12.3 Å². The third-order valence-electron chi connectivity index (χ3n) is 5.04. The van der Waals surface area contributed by atoms with Gasteiger partial charge < -0.3 is 20.6 Å². The Bertz CT molecular complexity index is 704. The Morgan fingerprint density at radius 2 is 2.12 bits per heavy atom. The molecule has 134 valence electrons. The molecule has 2 amide bonds. The number of benzene rings is 1. The van der Waals surface area contributed by atoms with E-state index in [1.165, 1.54) is 10.5 Å². The summed E-state index contributed by atoms with van der Waals surface area (Å²) in [4.78, 5) is 37.5. The smallest absolute Gasteiger partial charge is 0.326 e. The molecule has 0 bridgehead atoms. The summed E-state index contributed by atoms with van der Waals surface area (Å²) in [5.41, 5.74) is 3.13. The van der Waals surface area contributed by atoms with Gasteiger partial charge in [0.15, 0.2) is 0 Å². The van der Waals surface area contributed by atoms with Crippen LogP contribution in [0, 0.1) is 5.92 Å². The highest BCUT2D eigenvalue weighted by atomic mass is 16.4. The first-order valence-corrected chi connectivity index (χ1v) is 8.59. The number of aliphatic carboxylic acids is 1. The van der Waals surface area contributed by atoms with Crippen LogP contribution in [0.1, 0.15) is 24.0 Å². The summed E-state index contributed by atoms with van der Waals surface area (Å²) in [5, 5.41) is 15.3. The number of fused-ring (bicyclic) bond motifs is 1. The van der Waals surface area contributed by atoms with Gasteiger partial charge in [0, 0.05) is 25.8 Å². The van der Waals surface area contributed by atoms with E-state index in [4.69, 9.17) is 0 Å². The van der Waals surface area contributed by atoms with Crippen LogP contribution in [0.15, 0.2) is 18.2 Å². The van der Waals surface area contributed by atoms with E-state index in [-0.39, 0.29) is 30.7 Å². The standard InChI is InChI=1S/C18H23N3O4/c1-19-17(23)13-4-5-15(18(24)25)21(10-13)16(22)9-11-2-3-12-6-7-20-14(12)8-11/h2-3,8,13,15,20H,4-7,9-10H2,1H3,(H,19,23)(H,24,25)/t13-,15-/m0/s1. The van der Waals surface area contributed by atoms with Gasteiger partial charge in [0.1, 0.15) is 6.04 Å². The lowest BCUT2D eigenvalue weighted by atomic mass is 9.91. The zero-order valence-electron chi connectivity index (χ0n) is 14.2. The third kappa shape index (κ3) is 3.60. The molecule has 0 saturated carbocycles. The molecule has 0 radical (unpaired) electrons. The van der Waals surface area contributed by atoms with Crippen molar-refractivity contribution in [1.29, 1.82) is 0 Å². The normalized spacial score (nSPS) is 22.0. The number of rotatable bonds is 4. The number of carboxylic acids is 1. The van der Waals surface area contributed by atoms with Crippen molar-refractivity contribution in [3.05, 3.63) is 29.3 Å². The van der Waals surface area contributed by atoms with Gasteiger partial charge in [-0.3, -0.25) is 9.59 Å². The minimum Gasteiger partial charge on any atom is -0.480 e. The number of piperidine rings is 1. The number of carbonyl (C=O) groups is 3. The highest BCUT2D eigenvalue weighted by Gasteiger charge is 2.38. The maximum Gasteiger partial charge on any atom is 0.326 e. The van der Waals surface area contributed by atoms with Crippen LogP contribution >= 0.6 is 0 Å². The first-order chi connectivity index (χ1) is 12.0. The molecule has 1 saturated heterocycles. The highest BCUT2D eigenvalue weighted by molar-refractivity contribution is 5.87. The number of carbonyl (C=O) groups excluding carboxylic acids is 2. The molecular formula is C18H23N3O4. The maximum atomic E-state index is 12.7. The Morgan fingerprint density at radius 1 is 1.32 bits per heavy atom. The molecule has 2 aliphatic heterocycles. The predicted octanol–water partition coefficient (Wildman–Crippen LogP) is 0.635. The summed E-state index contributed by atoms with van der Waals surface area (Å²) in [6, 6.07) is 5.02. The molecule has 0 aliphatic carbocycles. The second kappa shape index (κ2) is 7.13. The fourth-order valence-electron chi connectivity index (χ4n) is 3.65. The van der Waals surface area contributed by atoms with E-state index in [1.807, 2.05) is 18.2 Å². The summed E-state index contributed by atoms with van der Waals surface area (Å²) in [5.74, 6) is -1.77. The molecule has 1 fully saturated rings. The minimum atomic E-state index is -1.01.